The lowest BCUT2D eigenvalue weighted by Gasteiger charge is -2.12. The van der Waals surface area contributed by atoms with Crippen molar-refractivity contribution in [3.05, 3.63) is 52.0 Å². The smallest absolute Gasteiger partial charge is 0.165 e. The molecule has 0 aromatic heterocycles. The molecule has 110 valence electrons. The Morgan fingerprint density at radius 3 is 2.86 bits per heavy atom. The van der Waals surface area contributed by atoms with Gasteiger partial charge in [0.2, 0.25) is 0 Å². The molecule has 0 fully saturated rings. The van der Waals surface area contributed by atoms with E-state index in [-0.39, 0.29) is 5.75 Å². The fourth-order valence-corrected chi connectivity index (χ4v) is 2.94. The highest BCUT2D eigenvalue weighted by atomic mass is 16.3. The zero-order valence-corrected chi connectivity index (χ0v) is 12.4. The van der Waals surface area contributed by atoms with E-state index in [0.717, 1.165) is 23.5 Å². The van der Waals surface area contributed by atoms with Crippen molar-refractivity contribution in [3.8, 4) is 5.75 Å². The Labute approximate surface area is 128 Å². The van der Waals surface area contributed by atoms with Gasteiger partial charge in [0.15, 0.2) is 5.75 Å². The van der Waals surface area contributed by atoms with Crippen LogP contribution in [-0.4, -0.2) is 17.9 Å². The average molecular weight is 291 g/mol. The molecule has 2 N–H and O–H groups in total. The van der Waals surface area contributed by atoms with Crippen molar-refractivity contribution < 1.29 is 5.11 Å². The largest absolute Gasteiger partial charge is 0.504 e. The zero-order chi connectivity index (χ0) is 15.1. The molecule has 2 aliphatic heterocycles. The maximum Gasteiger partial charge on any atom is 0.165 e. The summed E-state index contributed by atoms with van der Waals surface area (Å²) in [5.74, 6) is 0.217. The van der Waals surface area contributed by atoms with Crippen molar-refractivity contribution >= 4 is 23.2 Å². The number of hydrogen-bond acceptors (Lipinski definition) is 4. The minimum atomic E-state index is 0.217. The van der Waals surface area contributed by atoms with Gasteiger partial charge in [-0.2, -0.15) is 0 Å². The highest BCUT2D eigenvalue weighted by Gasteiger charge is 2.18. The van der Waals surface area contributed by atoms with Crippen LogP contribution in [0.25, 0.3) is 5.57 Å². The second-order valence-electron chi connectivity index (χ2n) is 5.77. The Morgan fingerprint density at radius 2 is 2.05 bits per heavy atom. The lowest BCUT2D eigenvalue weighted by atomic mass is 10.1. The number of rotatable bonds is 3. The topological polar surface area (TPSA) is 57.0 Å². The molecule has 0 saturated carbocycles. The van der Waals surface area contributed by atoms with Gasteiger partial charge in [0.25, 0.3) is 0 Å². The maximum absolute atomic E-state index is 10.5. The summed E-state index contributed by atoms with van der Waals surface area (Å²) >= 11 is 0. The van der Waals surface area contributed by atoms with Gasteiger partial charge in [-0.15, -0.1) is 0 Å². The molecule has 0 aliphatic carbocycles. The Kier molecular flexibility index (Phi) is 2.96. The SMILES string of the molecule is Cc1ccc(CNc2cc3c4c(c2O)N=CC=4CCN=3)cc1. The molecule has 4 nitrogen and oxygen atoms in total. The van der Waals surface area contributed by atoms with E-state index >= 15 is 0 Å². The summed E-state index contributed by atoms with van der Waals surface area (Å²) in [5, 5.41) is 15.7. The van der Waals surface area contributed by atoms with Gasteiger partial charge in [-0.3, -0.25) is 9.98 Å². The van der Waals surface area contributed by atoms with Crippen LogP contribution in [0.15, 0.2) is 40.3 Å². The second kappa shape index (κ2) is 4.98. The van der Waals surface area contributed by atoms with E-state index in [1.54, 1.807) is 0 Å². The molecule has 2 aromatic carbocycles. The Balaban J connectivity index is 1.70. The summed E-state index contributed by atoms with van der Waals surface area (Å²) in [6.45, 7) is 3.52. The Morgan fingerprint density at radius 1 is 1.23 bits per heavy atom. The van der Waals surface area contributed by atoms with Crippen LogP contribution in [0.1, 0.15) is 17.5 Å². The van der Waals surface area contributed by atoms with Crippen LogP contribution in [0.2, 0.25) is 0 Å². The van der Waals surface area contributed by atoms with Gasteiger partial charge < -0.3 is 10.4 Å². The minimum absolute atomic E-state index is 0.217. The zero-order valence-electron chi connectivity index (χ0n) is 12.4. The van der Waals surface area contributed by atoms with E-state index in [0.29, 0.717) is 17.9 Å². The summed E-state index contributed by atoms with van der Waals surface area (Å²) in [4.78, 5) is 8.93. The van der Waals surface area contributed by atoms with Crippen molar-refractivity contribution in [2.24, 2.45) is 9.98 Å². The first-order valence-corrected chi connectivity index (χ1v) is 7.49. The highest BCUT2D eigenvalue weighted by molar-refractivity contribution is 6.08. The molecule has 4 rings (SSSR count). The number of benzene rings is 2. The number of nitrogens with zero attached hydrogens (tertiary/aromatic N) is 2. The number of aromatic hydroxyl groups is 1. The lowest BCUT2D eigenvalue weighted by molar-refractivity contribution is 0.478. The van der Waals surface area contributed by atoms with Crippen LogP contribution >= 0.6 is 0 Å². The van der Waals surface area contributed by atoms with Crippen LogP contribution in [-0.2, 0) is 6.54 Å². The molecule has 0 radical (unpaired) electrons. The molecule has 22 heavy (non-hydrogen) atoms. The van der Waals surface area contributed by atoms with Crippen molar-refractivity contribution in [2.75, 3.05) is 11.9 Å². The van der Waals surface area contributed by atoms with Crippen LogP contribution in [0.4, 0.5) is 11.4 Å². The lowest BCUT2D eigenvalue weighted by Crippen LogP contribution is -2.30. The van der Waals surface area contributed by atoms with Crippen molar-refractivity contribution in [3.63, 3.8) is 0 Å². The summed E-state index contributed by atoms with van der Waals surface area (Å²) in [7, 11) is 0. The van der Waals surface area contributed by atoms with Gasteiger partial charge in [-0.25, -0.2) is 0 Å². The molecule has 0 bridgehead atoms. The van der Waals surface area contributed by atoms with Crippen molar-refractivity contribution in [2.45, 2.75) is 19.9 Å². The fourth-order valence-electron chi connectivity index (χ4n) is 2.94. The average Bonchev–Trinajstić information content (AvgIpc) is 2.97. The number of nitrogens with one attached hydrogen (secondary N) is 1. The molecule has 2 aromatic rings. The third-order valence-corrected chi connectivity index (χ3v) is 4.19. The highest BCUT2D eigenvalue weighted by Crippen LogP contribution is 2.33. The number of aryl methyl sites for hydroxylation is 1. The van der Waals surface area contributed by atoms with Crippen LogP contribution < -0.4 is 15.9 Å². The molecule has 2 aliphatic rings. The molecule has 0 atom stereocenters. The number of hydrogen-bond donors (Lipinski definition) is 2. The predicted molar refractivity (Wildman–Crippen MR) is 88.4 cm³/mol. The van der Waals surface area contributed by atoms with E-state index < -0.39 is 0 Å². The number of phenolic OH excluding ortho intramolecular Hbond substituents is 1. The first kappa shape index (κ1) is 13.1. The molecule has 0 spiro atoms. The fraction of sp³-hybridized carbons (Fsp3) is 0.222. The number of phenols is 1. The summed E-state index contributed by atoms with van der Waals surface area (Å²) < 4.78 is 0. The first-order chi connectivity index (χ1) is 10.7. The van der Waals surface area contributed by atoms with Crippen molar-refractivity contribution in [1.29, 1.82) is 0 Å². The molecule has 4 heteroatoms. The third kappa shape index (κ3) is 2.08. The summed E-state index contributed by atoms with van der Waals surface area (Å²) in [6.07, 6.45) is 2.76. The van der Waals surface area contributed by atoms with Crippen LogP contribution in [0.3, 0.4) is 0 Å². The predicted octanol–water partition coefficient (Wildman–Crippen LogP) is 2.20. The quantitative estimate of drug-likeness (QED) is 0.852. The second-order valence-corrected chi connectivity index (χ2v) is 5.77. The number of anilines is 1. The molecular formula is C18H17N3O. The molecule has 0 amide bonds. The Bertz CT molecular complexity index is 895. The molecular weight excluding hydrogens is 274 g/mol. The van der Waals surface area contributed by atoms with E-state index in [2.05, 4.69) is 46.5 Å². The first-order valence-electron chi connectivity index (χ1n) is 7.49. The number of aliphatic imine (C=N–C) groups is 1. The van der Waals surface area contributed by atoms with Gasteiger partial charge in [-0.05, 0) is 30.5 Å². The van der Waals surface area contributed by atoms with E-state index in [4.69, 9.17) is 0 Å². The molecule has 0 saturated heterocycles. The van der Waals surface area contributed by atoms with Crippen molar-refractivity contribution in [1.82, 2.24) is 0 Å². The molecule has 0 unspecified atom stereocenters. The minimum Gasteiger partial charge on any atom is -0.504 e. The van der Waals surface area contributed by atoms with Gasteiger partial charge in [0.1, 0.15) is 5.69 Å². The summed E-state index contributed by atoms with van der Waals surface area (Å²) in [5.41, 5.74) is 4.94. The Hall–Kier alpha value is -2.62. The maximum atomic E-state index is 10.5. The van der Waals surface area contributed by atoms with Gasteiger partial charge >= 0.3 is 0 Å². The van der Waals surface area contributed by atoms with Gasteiger partial charge in [0, 0.05) is 24.5 Å². The van der Waals surface area contributed by atoms with Crippen LogP contribution in [0.5, 0.6) is 5.75 Å². The monoisotopic (exact) mass is 291 g/mol. The normalized spacial score (nSPS) is 14.7. The molecule has 2 heterocycles. The third-order valence-electron chi connectivity index (χ3n) is 4.19. The summed E-state index contributed by atoms with van der Waals surface area (Å²) in [6, 6.07) is 10.3. The van der Waals surface area contributed by atoms with Gasteiger partial charge in [0.05, 0.1) is 11.0 Å². The van der Waals surface area contributed by atoms with E-state index in [1.165, 1.54) is 16.7 Å². The van der Waals surface area contributed by atoms with Gasteiger partial charge in [-0.1, -0.05) is 29.8 Å². The van der Waals surface area contributed by atoms with E-state index in [9.17, 15) is 5.11 Å². The van der Waals surface area contributed by atoms with E-state index in [1.807, 2.05) is 12.3 Å². The van der Waals surface area contributed by atoms with Crippen LogP contribution in [0, 0.1) is 6.92 Å². The standard InChI is InChI=1S/C18H17N3O/c1-11-2-4-12(5-3-11)9-20-15-8-14-16-13(6-7-19-14)10-21-17(16)18(15)22/h2-5,8,10,20,22H,6-7,9H2,1H3.